The normalized spacial score (nSPS) is 10.4. The molecule has 142 valence electrons. The van der Waals surface area contributed by atoms with Crippen molar-refractivity contribution >= 4 is 29.2 Å². The van der Waals surface area contributed by atoms with Gasteiger partial charge in [-0.2, -0.15) is 0 Å². The summed E-state index contributed by atoms with van der Waals surface area (Å²) < 4.78 is 17.5. The highest BCUT2D eigenvalue weighted by Gasteiger charge is 2.12. The summed E-state index contributed by atoms with van der Waals surface area (Å²) in [5.74, 6) is -1.47. The fraction of sp³-hybridized carbons (Fsp3) is 0.211. The van der Waals surface area contributed by atoms with Crippen LogP contribution in [0.4, 0.5) is 15.8 Å². The Morgan fingerprint density at radius 2 is 1.33 bits per heavy atom. The zero-order valence-electron chi connectivity index (χ0n) is 15.0. The van der Waals surface area contributed by atoms with Crippen molar-refractivity contribution in [1.29, 1.82) is 0 Å². The number of carbonyl (C=O) groups is 3. The molecular weight excluding hydrogens is 353 g/mol. The molecule has 2 N–H and O–H groups in total. The molecular formula is C19H20FN3O4. The largest absolute Gasteiger partial charge is 0.465 e. The average molecular weight is 373 g/mol. The van der Waals surface area contributed by atoms with Gasteiger partial charge in [-0.05, 0) is 55.6 Å². The van der Waals surface area contributed by atoms with Gasteiger partial charge in [0.1, 0.15) is 5.82 Å². The second kappa shape index (κ2) is 9.44. The van der Waals surface area contributed by atoms with Gasteiger partial charge in [0.2, 0.25) is 11.8 Å². The van der Waals surface area contributed by atoms with Crippen LogP contribution in [-0.2, 0) is 14.3 Å². The number of rotatable bonds is 7. The zero-order chi connectivity index (χ0) is 19.8. The molecule has 2 aromatic rings. The summed E-state index contributed by atoms with van der Waals surface area (Å²) in [4.78, 5) is 36.9. The van der Waals surface area contributed by atoms with Crippen molar-refractivity contribution in [1.82, 2.24) is 4.90 Å². The molecule has 2 amide bonds. The van der Waals surface area contributed by atoms with Gasteiger partial charge in [-0.15, -0.1) is 0 Å². The lowest BCUT2D eigenvalue weighted by atomic mass is 10.2. The minimum absolute atomic E-state index is 0.00437. The number of ether oxygens (including phenoxy) is 1. The number of nitrogens with zero attached hydrogens (tertiary/aromatic N) is 1. The predicted molar refractivity (Wildman–Crippen MR) is 98.9 cm³/mol. The van der Waals surface area contributed by atoms with Crippen LogP contribution in [0, 0.1) is 5.82 Å². The van der Waals surface area contributed by atoms with Crippen molar-refractivity contribution in [3.05, 3.63) is 59.9 Å². The van der Waals surface area contributed by atoms with Gasteiger partial charge < -0.3 is 15.4 Å². The van der Waals surface area contributed by atoms with E-state index in [1.807, 2.05) is 0 Å². The number of amides is 2. The molecule has 2 aromatic carbocycles. The van der Waals surface area contributed by atoms with Crippen LogP contribution in [0.15, 0.2) is 48.5 Å². The van der Waals surface area contributed by atoms with E-state index in [0.717, 1.165) is 0 Å². The van der Waals surface area contributed by atoms with E-state index in [1.54, 1.807) is 31.3 Å². The van der Waals surface area contributed by atoms with Gasteiger partial charge in [0.15, 0.2) is 0 Å². The maximum Gasteiger partial charge on any atom is 0.337 e. The van der Waals surface area contributed by atoms with Gasteiger partial charge >= 0.3 is 5.97 Å². The van der Waals surface area contributed by atoms with Gasteiger partial charge in [-0.3, -0.25) is 14.5 Å². The third-order valence-corrected chi connectivity index (χ3v) is 3.54. The Morgan fingerprint density at radius 1 is 0.889 bits per heavy atom. The first-order valence-corrected chi connectivity index (χ1v) is 8.09. The second-order valence-corrected chi connectivity index (χ2v) is 5.84. The summed E-state index contributed by atoms with van der Waals surface area (Å²) in [6, 6.07) is 11.7. The molecule has 0 aromatic heterocycles. The van der Waals surface area contributed by atoms with Crippen molar-refractivity contribution in [2.75, 3.05) is 37.9 Å². The molecule has 0 spiro atoms. The first-order valence-electron chi connectivity index (χ1n) is 8.09. The third-order valence-electron chi connectivity index (χ3n) is 3.54. The van der Waals surface area contributed by atoms with Crippen LogP contribution < -0.4 is 10.6 Å². The van der Waals surface area contributed by atoms with Crippen LogP contribution in [0.2, 0.25) is 0 Å². The Hall–Kier alpha value is -3.26. The molecule has 0 fully saturated rings. The number of esters is 1. The molecule has 0 aliphatic carbocycles. The van der Waals surface area contributed by atoms with Crippen LogP contribution in [0.1, 0.15) is 10.4 Å². The maximum atomic E-state index is 12.8. The summed E-state index contributed by atoms with van der Waals surface area (Å²) in [6.45, 7) is -0.0122. The smallest absolute Gasteiger partial charge is 0.337 e. The summed E-state index contributed by atoms with van der Waals surface area (Å²) >= 11 is 0. The van der Waals surface area contributed by atoms with E-state index < -0.39 is 5.97 Å². The summed E-state index contributed by atoms with van der Waals surface area (Å²) in [7, 11) is 2.92. The highest BCUT2D eigenvalue weighted by molar-refractivity contribution is 5.95. The quantitative estimate of drug-likeness (QED) is 0.726. The van der Waals surface area contributed by atoms with Crippen molar-refractivity contribution in [2.24, 2.45) is 0 Å². The predicted octanol–water partition coefficient (Wildman–Crippen LogP) is 2.12. The maximum absolute atomic E-state index is 12.8. The van der Waals surface area contributed by atoms with Crippen molar-refractivity contribution in [2.45, 2.75) is 0 Å². The lowest BCUT2D eigenvalue weighted by molar-refractivity contribution is -0.119. The number of likely N-dealkylation sites (N-methyl/N-ethyl adjacent to an activating group) is 1. The van der Waals surface area contributed by atoms with E-state index in [9.17, 15) is 18.8 Å². The third kappa shape index (κ3) is 6.52. The standard InChI is InChI=1S/C19H20FN3O4/c1-23(12-18(25)22-16-9-5-14(20)6-10-16)11-17(24)21-15-7-3-13(4-8-15)19(26)27-2/h3-10H,11-12H2,1-2H3,(H,21,24)(H,22,25). The highest BCUT2D eigenvalue weighted by atomic mass is 19.1. The van der Waals surface area contributed by atoms with Gasteiger partial charge in [-0.25, -0.2) is 9.18 Å². The van der Waals surface area contributed by atoms with E-state index in [2.05, 4.69) is 15.4 Å². The number of halogens is 1. The van der Waals surface area contributed by atoms with E-state index in [0.29, 0.717) is 16.9 Å². The molecule has 0 aliphatic heterocycles. The first kappa shape index (κ1) is 20.1. The lowest BCUT2D eigenvalue weighted by Gasteiger charge is -2.16. The van der Waals surface area contributed by atoms with E-state index in [-0.39, 0.29) is 30.7 Å². The van der Waals surface area contributed by atoms with E-state index in [1.165, 1.54) is 36.3 Å². The fourth-order valence-electron chi connectivity index (χ4n) is 2.29. The van der Waals surface area contributed by atoms with Crippen LogP contribution >= 0.6 is 0 Å². The molecule has 0 heterocycles. The number of hydrogen-bond donors (Lipinski definition) is 2. The molecule has 27 heavy (non-hydrogen) atoms. The Morgan fingerprint density at radius 3 is 1.78 bits per heavy atom. The number of nitrogens with one attached hydrogen (secondary N) is 2. The molecule has 7 nitrogen and oxygen atoms in total. The number of anilines is 2. The molecule has 0 radical (unpaired) electrons. The van der Waals surface area contributed by atoms with Gasteiger partial charge in [0.25, 0.3) is 0 Å². The number of methoxy groups -OCH3 is 1. The Balaban J connectivity index is 1.79. The van der Waals surface area contributed by atoms with Crippen molar-refractivity contribution < 1.29 is 23.5 Å². The molecule has 0 saturated carbocycles. The molecule has 2 rings (SSSR count). The summed E-state index contributed by atoms with van der Waals surface area (Å²) in [6.07, 6.45) is 0. The molecule has 0 unspecified atom stereocenters. The zero-order valence-corrected chi connectivity index (χ0v) is 15.0. The highest BCUT2D eigenvalue weighted by Crippen LogP contribution is 2.11. The fourth-order valence-corrected chi connectivity index (χ4v) is 2.29. The number of hydrogen-bond acceptors (Lipinski definition) is 5. The average Bonchev–Trinajstić information content (AvgIpc) is 2.63. The Labute approximate surface area is 156 Å². The van der Waals surface area contributed by atoms with Crippen LogP contribution in [0.5, 0.6) is 0 Å². The van der Waals surface area contributed by atoms with Crippen LogP contribution in [0.3, 0.4) is 0 Å². The Bertz CT molecular complexity index is 807. The number of carbonyl (C=O) groups excluding carboxylic acids is 3. The first-order chi connectivity index (χ1) is 12.9. The topological polar surface area (TPSA) is 87.7 Å². The van der Waals surface area contributed by atoms with Gasteiger partial charge in [0.05, 0.1) is 25.8 Å². The van der Waals surface area contributed by atoms with E-state index >= 15 is 0 Å². The van der Waals surface area contributed by atoms with E-state index in [4.69, 9.17) is 0 Å². The van der Waals surface area contributed by atoms with Gasteiger partial charge in [-0.1, -0.05) is 0 Å². The SMILES string of the molecule is COC(=O)c1ccc(NC(=O)CN(C)CC(=O)Nc2ccc(F)cc2)cc1. The second-order valence-electron chi connectivity index (χ2n) is 5.84. The molecule has 0 saturated heterocycles. The summed E-state index contributed by atoms with van der Waals surface area (Å²) in [5, 5.41) is 5.30. The minimum Gasteiger partial charge on any atom is -0.465 e. The molecule has 0 bridgehead atoms. The number of benzene rings is 2. The van der Waals surface area contributed by atoms with Gasteiger partial charge in [0, 0.05) is 11.4 Å². The van der Waals surface area contributed by atoms with Crippen molar-refractivity contribution in [3.63, 3.8) is 0 Å². The molecule has 0 aliphatic rings. The van der Waals surface area contributed by atoms with Crippen molar-refractivity contribution in [3.8, 4) is 0 Å². The molecule has 8 heteroatoms. The van der Waals surface area contributed by atoms with Crippen LogP contribution in [-0.4, -0.2) is 49.9 Å². The monoisotopic (exact) mass is 373 g/mol. The molecule has 0 atom stereocenters. The summed E-state index contributed by atoms with van der Waals surface area (Å²) in [5.41, 5.74) is 1.38. The Kier molecular flexibility index (Phi) is 7.01. The lowest BCUT2D eigenvalue weighted by Crippen LogP contribution is -2.36. The minimum atomic E-state index is -0.459. The van der Waals surface area contributed by atoms with Crippen LogP contribution in [0.25, 0.3) is 0 Å².